The van der Waals surface area contributed by atoms with E-state index in [1.165, 1.54) is 5.69 Å². The molecule has 1 saturated heterocycles. The van der Waals surface area contributed by atoms with Gasteiger partial charge in [-0.2, -0.15) is 0 Å². The van der Waals surface area contributed by atoms with Crippen molar-refractivity contribution in [1.82, 2.24) is 15.2 Å². The van der Waals surface area contributed by atoms with Crippen LogP contribution in [0.4, 0.5) is 5.69 Å². The minimum atomic E-state index is -0.0914. The third-order valence-corrected chi connectivity index (χ3v) is 4.20. The molecule has 0 unspecified atom stereocenters. The Morgan fingerprint density at radius 3 is 2.65 bits per heavy atom. The Morgan fingerprint density at radius 1 is 1.13 bits per heavy atom. The minimum absolute atomic E-state index is 0.0914. The Morgan fingerprint density at radius 2 is 1.91 bits per heavy atom. The van der Waals surface area contributed by atoms with Gasteiger partial charge in [0.15, 0.2) is 0 Å². The molecule has 0 aliphatic carbocycles. The minimum Gasteiger partial charge on any atom is -0.369 e. The van der Waals surface area contributed by atoms with Crippen LogP contribution >= 0.6 is 0 Å². The van der Waals surface area contributed by atoms with Crippen LogP contribution in [0.25, 0.3) is 0 Å². The van der Waals surface area contributed by atoms with E-state index in [-0.39, 0.29) is 5.91 Å². The summed E-state index contributed by atoms with van der Waals surface area (Å²) in [5.74, 6) is -0.0914. The summed E-state index contributed by atoms with van der Waals surface area (Å²) in [6.07, 6.45) is 3.25. The molecule has 0 radical (unpaired) electrons. The molecular weight excluding hydrogens is 288 g/mol. The number of piperazine rings is 1. The standard InChI is InChI=1S/C18H22N4O/c1-21-9-11-22(12-10-21)17-7-3-2-5-15(17)14-20-18(23)16-6-4-8-19-13-16/h2-8,13H,9-12,14H2,1H3,(H,20,23). The van der Waals surface area contributed by atoms with E-state index in [9.17, 15) is 4.79 Å². The summed E-state index contributed by atoms with van der Waals surface area (Å²) in [5.41, 5.74) is 2.95. The zero-order valence-electron chi connectivity index (χ0n) is 13.4. The van der Waals surface area contributed by atoms with Gasteiger partial charge in [0.2, 0.25) is 0 Å². The number of likely N-dealkylation sites (N-methyl/N-ethyl adjacent to an activating group) is 1. The fourth-order valence-corrected chi connectivity index (χ4v) is 2.79. The number of para-hydroxylation sites is 1. The molecule has 1 aromatic carbocycles. The van der Waals surface area contributed by atoms with Crippen LogP contribution in [0.15, 0.2) is 48.8 Å². The number of benzene rings is 1. The number of nitrogens with zero attached hydrogens (tertiary/aromatic N) is 3. The van der Waals surface area contributed by atoms with Gasteiger partial charge in [0, 0.05) is 50.8 Å². The third kappa shape index (κ3) is 3.87. The maximum absolute atomic E-state index is 12.2. The zero-order chi connectivity index (χ0) is 16.1. The van der Waals surface area contributed by atoms with Gasteiger partial charge in [0.05, 0.1) is 5.56 Å². The summed E-state index contributed by atoms with van der Waals surface area (Å²) in [6.45, 7) is 4.69. The number of carbonyl (C=O) groups is 1. The highest BCUT2D eigenvalue weighted by molar-refractivity contribution is 5.93. The molecule has 0 spiro atoms. The molecule has 2 heterocycles. The van der Waals surface area contributed by atoms with Gasteiger partial charge in [-0.1, -0.05) is 18.2 Å². The van der Waals surface area contributed by atoms with Crippen LogP contribution in [0.5, 0.6) is 0 Å². The van der Waals surface area contributed by atoms with E-state index in [0.717, 1.165) is 31.7 Å². The molecular formula is C18H22N4O. The van der Waals surface area contributed by atoms with Gasteiger partial charge >= 0.3 is 0 Å². The summed E-state index contributed by atoms with van der Waals surface area (Å²) in [5, 5.41) is 2.99. The number of pyridine rings is 1. The van der Waals surface area contributed by atoms with E-state index in [1.54, 1.807) is 24.5 Å². The first-order valence-electron chi connectivity index (χ1n) is 7.93. The largest absolute Gasteiger partial charge is 0.369 e. The summed E-state index contributed by atoms with van der Waals surface area (Å²) < 4.78 is 0. The average Bonchev–Trinajstić information content (AvgIpc) is 2.61. The highest BCUT2D eigenvalue weighted by Crippen LogP contribution is 2.21. The van der Waals surface area contributed by atoms with Gasteiger partial charge in [-0.05, 0) is 30.8 Å². The smallest absolute Gasteiger partial charge is 0.253 e. The van der Waals surface area contributed by atoms with E-state index in [0.29, 0.717) is 12.1 Å². The van der Waals surface area contributed by atoms with Crippen molar-refractivity contribution in [2.45, 2.75) is 6.54 Å². The molecule has 1 amide bonds. The normalized spacial score (nSPS) is 15.4. The van der Waals surface area contributed by atoms with E-state index in [4.69, 9.17) is 0 Å². The number of anilines is 1. The van der Waals surface area contributed by atoms with E-state index >= 15 is 0 Å². The summed E-state index contributed by atoms with van der Waals surface area (Å²) in [6, 6.07) is 11.8. The first-order valence-corrected chi connectivity index (χ1v) is 7.93. The third-order valence-electron chi connectivity index (χ3n) is 4.20. The fourth-order valence-electron chi connectivity index (χ4n) is 2.79. The Bertz CT molecular complexity index is 651. The molecule has 3 rings (SSSR count). The van der Waals surface area contributed by atoms with Crippen LogP contribution in [0.3, 0.4) is 0 Å². The molecule has 1 aliphatic rings. The quantitative estimate of drug-likeness (QED) is 0.935. The van der Waals surface area contributed by atoms with Crippen LogP contribution in [-0.2, 0) is 6.54 Å². The molecule has 1 fully saturated rings. The van der Waals surface area contributed by atoms with Gasteiger partial charge in [-0.3, -0.25) is 9.78 Å². The van der Waals surface area contributed by atoms with Crippen molar-refractivity contribution in [3.63, 3.8) is 0 Å². The second-order valence-corrected chi connectivity index (χ2v) is 5.84. The molecule has 5 heteroatoms. The predicted molar refractivity (Wildman–Crippen MR) is 91.6 cm³/mol. The maximum Gasteiger partial charge on any atom is 0.253 e. The van der Waals surface area contributed by atoms with Gasteiger partial charge in [-0.25, -0.2) is 0 Å². The molecule has 0 saturated carbocycles. The second-order valence-electron chi connectivity index (χ2n) is 5.84. The highest BCUT2D eigenvalue weighted by atomic mass is 16.1. The predicted octanol–water partition coefficient (Wildman–Crippen LogP) is 1.76. The van der Waals surface area contributed by atoms with Crippen molar-refractivity contribution in [2.24, 2.45) is 0 Å². The van der Waals surface area contributed by atoms with E-state index < -0.39 is 0 Å². The molecule has 1 N–H and O–H groups in total. The van der Waals surface area contributed by atoms with Crippen LogP contribution in [0.1, 0.15) is 15.9 Å². The molecule has 0 atom stereocenters. The Labute approximate surface area is 136 Å². The number of hydrogen-bond donors (Lipinski definition) is 1. The number of nitrogens with one attached hydrogen (secondary N) is 1. The lowest BCUT2D eigenvalue weighted by molar-refractivity contribution is 0.0950. The second kappa shape index (κ2) is 7.24. The number of carbonyl (C=O) groups excluding carboxylic acids is 1. The molecule has 2 aromatic rings. The number of amides is 1. The van der Waals surface area contributed by atoms with E-state index in [1.807, 2.05) is 6.07 Å². The van der Waals surface area contributed by atoms with Crippen molar-refractivity contribution >= 4 is 11.6 Å². The van der Waals surface area contributed by atoms with Crippen LogP contribution in [0, 0.1) is 0 Å². The molecule has 1 aromatic heterocycles. The van der Waals surface area contributed by atoms with Crippen molar-refractivity contribution in [3.05, 3.63) is 59.9 Å². The highest BCUT2D eigenvalue weighted by Gasteiger charge is 2.17. The van der Waals surface area contributed by atoms with Gasteiger partial charge in [0.25, 0.3) is 5.91 Å². The Hall–Kier alpha value is -2.40. The average molecular weight is 310 g/mol. The van der Waals surface area contributed by atoms with Crippen molar-refractivity contribution in [1.29, 1.82) is 0 Å². The fraction of sp³-hybridized carbons (Fsp3) is 0.333. The SMILES string of the molecule is CN1CCN(c2ccccc2CNC(=O)c2cccnc2)CC1. The van der Waals surface area contributed by atoms with Crippen LogP contribution in [0.2, 0.25) is 0 Å². The lowest BCUT2D eigenvalue weighted by atomic mass is 10.1. The summed E-state index contributed by atoms with van der Waals surface area (Å²) >= 11 is 0. The Kier molecular flexibility index (Phi) is 4.88. The van der Waals surface area contributed by atoms with Crippen molar-refractivity contribution in [2.75, 3.05) is 38.1 Å². The van der Waals surface area contributed by atoms with Crippen LogP contribution < -0.4 is 10.2 Å². The first kappa shape index (κ1) is 15.5. The number of aromatic nitrogens is 1. The first-order chi connectivity index (χ1) is 11.2. The number of hydrogen-bond acceptors (Lipinski definition) is 4. The molecule has 5 nitrogen and oxygen atoms in total. The monoisotopic (exact) mass is 310 g/mol. The zero-order valence-corrected chi connectivity index (χ0v) is 13.4. The van der Waals surface area contributed by atoms with Gasteiger partial charge < -0.3 is 15.1 Å². The lowest BCUT2D eigenvalue weighted by Gasteiger charge is -2.35. The molecule has 1 aliphatic heterocycles. The van der Waals surface area contributed by atoms with E-state index in [2.05, 4.69) is 45.3 Å². The number of rotatable bonds is 4. The molecule has 120 valence electrons. The van der Waals surface area contributed by atoms with Gasteiger partial charge in [-0.15, -0.1) is 0 Å². The maximum atomic E-state index is 12.2. The van der Waals surface area contributed by atoms with Crippen molar-refractivity contribution in [3.8, 4) is 0 Å². The summed E-state index contributed by atoms with van der Waals surface area (Å²) in [7, 11) is 2.15. The van der Waals surface area contributed by atoms with Gasteiger partial charge in [0.1, 0.15) is 0 Å². The summed E-state index contributed by atoms with van der Waals surface area (Å²) in [4.78, 5) is 20.9. The van der Waals surface area contributed by atoms with Crippen LogP contribution in [-0.4, -0.2) is 49.0 Å². The topological polar surface area (TPSA) is 48.5 Å². The van der Waals surface area contributed by atoms with Crippen molar-refractivity contribution < 1.29 is 4.79 Å². The molecule has 23 heavy (non-hydrogen) atoms. The lowest BCUT2D eigenvalue weighted by Crippen LogP contribution is -2.45. The molecule has 0 bridgehead atoms. The Balaban J connectivity index is 1.67.